The molecular weight excluding hydrogens is 350 g/mol. The van der Waals surface area contributed by atoms with Crippen molar-refractivity contribution < 1.29 is 22.0 Å². The van der Waals surface area contributed by atoms with Crippen LogP contribution in [0, 0.1) is 18.6 Å². The van der Waals surface area contributed by atoms with Gasteiger partial charge in [-0.1, -0.05) is 29.3 Å². The lowest BCUT2D eigenvalue weighted by Gasteiger charge is -2.10. The van der Waals surface area contributed by atoms with E-state index in [9.17, 15) is 22.0 Å². The van der Waals surface area contributed by atoms with E-state index in [4.69, 9.17) is 11.6 Å². The van der Waals surface area contributed by atoms with Crippen LogP contribution in [0.15, 0.2) is 41.3 Å². The Morgan fingerprint density at radius 1 is 1.09 bits per heavy atom. The number of hydrogen-bond acceptors (Lipinski definition) is 3. The maximum Gasteiger partial charge on any atom is 0.272 e. The van der Waals surface area contributed by atoms with Gasteiger partial charge < -0.3 is 0 Å². The molecule has 0 bridgehead atoms. The number of carbonyl (C=O) groups excluding carboxylic acids is 1. The number of rotatable bonds is 4. The molecule has 0 aliphatic heterocycles. The Kier molecular flexibility index (Phi) is 4.98. The topological polar surface area (TPSA) is 75.3 Å². The smallest absolute Gasteiger partial charge is 0.272 e. The van der Waals surface area contributed by atoms with Crippen LogP contribution in [0.25, 0.3) is 0 Å². The normalized spacial score (nSPS) is 11.3. The van der Waals surface area contributed by atoms with Gasteiger partial charge in [0.1, 0.15) is 17.2 Å². The highest BCUT2D eigenvalue weighted by atomic mass is 35.5. The fourth-order valence-electron chi connectivity index (χ4n) is 1.71. The summed E-state index contributed by atoms with van der Waals surface area (Å²) >= 11 is 5.45. The molecule has 1 amide bonds. The molecule has 5 nitrogen and oxygen atoms in total. The zero-order chi connectivity index (χ0) is 17.2. The number of amides is 1. The predicted octanol–water partition coefficient (Wildman–Crippen LogP) is 2.55. The molecule has 0 aromatic heterocycles. The summed E-state index contributed by atoms with van der Waals surface area (Å²) in [6.07, 6.45) is 0. The van der Waals surface area contributed by atoms with E-state index in [1.165, 1.54) is 12.1 Å². The highest BCUT2D eigenvalue weighted by molar-refractivity contribution is 7.89. The van der Waals surface area contributed by atoms with Gasteiger partial charge >= 0.3 is 0 Å². The number of hydrogen-bond donors (Lipinski definition) is 2. The van der Waals surface area contributed by atoms with Crippen LogP contribution in [0.3, 0.4) is 0 Å². The van der Waals surface area contributed by atoms with Crippen LogP contribution in [-0.2, 0) is 10.0 Å². The molecule has 0 fully saturated rings. The van der Waals surface area contributed by atoms with Crippen molar-refractivity contribution >= 4 is 27.5 Å². The van der Waals surface area contributed by atoms with Crippen LogP contribution in [-0.4, -0.2) is 14.3 Å². The van der Waals surface area contributed by atoms with Crippen molar-refractivity contribution in [3.63, 3.8) is 0 Å². The van der Waals surface area contributed by atoms with Crippen molar-refractivity contribution in [3.05, 3.63) is 64.2 Å². The van der Waals surface area contributed by atoms with Crippen molar-refractivity contribution in [1.29, 1.82) is 0 Å². The fraction of sp³-hybridized carbons (Fsp3) is 0.0714. The van der Waals surface area contributed by atoms with Crippen molar-refractivity contribution in [2.75, 3.05) is 0 Å². The van der Waals surface area contributed by atoms with Gasteiger partial charge in [-0.05, 0) is 31.2 Å². The summed E-state index contributed by atoms with van der Waals surface area (Å²) in [5, 5.41) is -0.225. The summed E-state index contributed by atoms with van der Waals surface area (Å²) in [7, 11) is -4.07. The van der Waals surface area contributed by atoms with E-state index in [0.717, 1.165) is 17.7 Å². The number of benzene rings is 2. The van der Waals surface area contributed by atoms with Gasteiger partial charge in [-0.3, -0.25) is 10.2 Å². The Morgan fingerprint density at radius 2 is 1.61 bits per heavy atom. The Hall–Kier alpha value is -2.03. The monoisotopic (exact) mass is 360 g/mol. The molecule has 122 valence electrons. The molecule has 2 aromatic carbocycles. The second-order valence-electron chi connectivity index (χ2n) is 4.62. The summed E-state index contributed by atoms with van der Waals surface area (Å²) < 4.78 is 51.1. The summed E-state index contributed by atoms with van der Waals surface area (Å²) in [5.41, 5.74) is 1.66. The quantitative estimate of drug-likeness (QED) is 0.823. The Labute approximate surface area is 136 Å². The number of halogens is 3. The molecule has 23 heavy (non-hydrogen) atoms. The maximum absolute atomic E-state index is 13.6. The highest BCUT2D eigenvalue weighted by Gasteiger charge is 2.21. The number of nitrogens with one attached hydrogen (secondary N) is 2. The average molecular weight is 361 g/mol. The second-order valence-corrected chi connectivity index (χ2v) is 6.74. The van der Waals surface area contributed by atoms with E-state index >= 15 is 0 Å². The molecular formula is C14H11ClF2N2O3S. The first-order valence-electron chi connectivity index (χ1n) is 6.24. The highest BCUT2D eigenvalue weighted by Crippen LogP contribution is 2.18. The minimum absolute atomic E-state index is 0.111. The van der Waals surface area contributed by atoms with Crippen LogP contribution >= 0.6 is 11.6 Å². The molecule has 9 heteroatoms. The molecule has 2 aromatic rings. The van der Waals surface area contributed by atoms with Crippen LogP contribution in [0.1, 0.15) is 15.9 Å². The van der Waals surface area contributed by atoms with E-state index in [2.05, 4.69) is 0 Å². The maximum atomic E-state index is 13.6. The lowest BCUT2D eigenvalue weighted by Crippen LogP contribution is -2.42. The average Bonchev–Trinajstić information content (AvgIpc) is 2.44. The third kappa shape index (κ3) is 4.04. The minimum Gasteiger partial charge on any atom is -0.273 e. The standard InChI is InChI=1S/C14H11ClF2N2O3S/c1-8-2-4-10(5-3-8)23(21,22)19-18-14(20)13-11(16)6-9(15)7-12(13)17/h2-7,19H,1H3,(H,18,20). The van der Waals surface area contributed by atoms with Crippen LogP contribution in [0.2, 0.25) is 5.02 Å². The van der Waals surface area contributed by atoms with E-state index in [1.807, 2.05) is 0 Å². The largest absolute Gasteiger partial charge is 0.273 e. The van der Waals surface area contributed by atoms with Crippen LogP contribution < -0.4 is 10.3 Å². The molecule has 0 atom stereocenters. The first kappa shape index (κ1) is 17.3. The first-order valence-corrected chi connectivity index (χ1v) is 8.10. The molecule has 0 aliphatic rings. The predicted molar refractivity (Wildman–Crippen MR) is 80.3 cm³/mol. The summed E-state index contributed by atoms with van der Waals surface area (Å²) in [6, 6.07) is 7.27. The Balaban J connectivity index is 2.17. The van der Waals surface area contributed by atoms with Gasteiger partial charge in [-0.25, -0.2) is 17.2 Å². The van der Waals surface area contributed by atoms with Crippen molar-refractivity contribution in [3.8, 4) is 0 Å². The van der Waals surface area contributed by atoms with E-state index < -0.39 is 33.1 Å². The third-order valence-electron chi connectivity index (χ3n) is 2.86. The summed E-state index contributed by atoms with van der Waals surface area (Å²) in [5.74, 6) is -3.70. The second kappa shape index (κ2) is 6.61. The molecule has 0 saturated carbocycles. The molecule has 0 saturated heterocycles. The summed E-state index contributed by atoms with van der Waals surface area (Å²) in [4.78, 5) is 13.4. The van der Waals surface area contributed by atoms with Gasteiger partial charge in [-0.15, -0.1) is 4.83 Å². The fourth-order valence-corrected chi connectivity index (χ4v) is 2.74. The van der Waals surface area contributed by atoms with Crippen LogP contribution in [0.5, 0.6) is 0 Å². The lowest BCUT2D eigenvalue weighted by atomic mass is 10.2. The van der Waals surface area contributed by atoms with Gasteiger partial charge in [-0.2, -0.15) is 0 Å². The minimum atomic E-state index is -4.07. The Bertz CT molecular complexity index is 832. The van der Waals surface area contributed by atoms with E-state index in [1.54, 1.807) is 29.3 Å². The zero-order valence-corrected chi connectivity index (χ0v) is 13.3. The lowest BCUT2D eigenvalue weighted by molar-refractivity contribution is 0.0936. The number of aryl methyl sites for hydroxylation is 1. The van der Waals surface area contributed by atoms with Crippen LogP contribution in [0.4, 0.5) is 8.78 Å². The SMILES string of the molecule is Cc1ccc(S(=O)(=O)NNC(=O)c2c(F)cc(Cl)cc2F)cc1. The molecule has 0 spiro atoms. The molecule has 0 unspecified atom stereocenters. The number of hydrazine groups is 1. The van der Waals surface area contributed by atoms with E-state index in [-0.39, 0.29) is 9.92 Å². The van der Waals surface area contributed by atoms with Crippen molar-refractivity contribution in [2.24, 2.45) is 0 Å². The molecule has 0 heterocycles. The van der Waals surface area contributed by atoms with Gasteiger partial charge in [0.25, 0.3) is 15.9 Å². The third-order valence-corrected chi connectivity index (χ3v) is 4.35. The Morgan fingerprint density at radius 3 is 2.13 bits per heavy atom. The summed E-state index contributed by atoms with van der Waals surface area (Å²) in [6.45, 7) is 1.78. The van der Waals surface area contributed by atoms with Gasteiger partial charge in [0.2, 0.25) is 0 Å². The molecule has 2 N–H and O–H groups in total. The van der Waals surface area contributed by atoms with Gasteiger partial charge in [0, 0.05) is 5.02 Å². The molecule has 2 rings (SSSR count). The number of carbonyl (C=O) groups is 1. The van der Waals surface area contributed by atoms with Gasteiger partial charge in [0.15, 0.2) is 0 Å². The number of sulfonamides is 1. The zero-order valence-electron chi connectivity index (χ0n) is 11.7. The van der Waals surface area contributed by atoms with Gasteiger partial charge in [0.05, 0.1) is 4.90 Å². The van der Waals surface area contributed by atoms with E-state index in [0.29, 0.717) is 0 Å². The molecule has 0 aliphatic carbocycles. The molecule has 0 radical (unpaired) electrons. The first-order chi connectivity index (χ1) is 10.7. The van der Waals surface area contributed by atoms with Crippen molar-refractivity contribution in [2.45, 2.75) is 11.8 Å². The van der Waals surface area contributed by atoms with Crippen molar-refractivity contribution in [1.82, 2.24) is 10.3 Å².